The highest BCUT2D eigenvalue weighted by Gasteiger charge is 2.09. The molecule has 0 unspecified atom stereocenters. The molecule has 0 radical (unpaired) electrons. The number of benzene rings is 2. The Morgan fingerprint density at radius 2 is 1.70 bits per heavy atom. The summed E-state index contributed by atoms with van der Waals surface area (Å²) >= 11 is 0. The highest BCUT2D eigenvalue weighted by molar-refractivity contribution is 5.96. The fourth-order valence-electron chi connectivity index (χ4n) is 2.06. The molecular formula is C18H21N3O2. The molecule has 0 aromatic heterocycles. The van der Waals surface area contributed by atoms with E-state index in [1.54, 1.807) is 18.2 Å². The fraction of sp³-hybridized carbons (Fsp3) is 0.222. The van der Waals surface area contributed by atoms with Crippen molar-refractivity contribution in [1.82, 2.24) is 10.9 Å². The van der Waals surface area contributed by atoms with E-state index in [0.29, 0.717) is 5.56 Å². The standard InChI is InChI=1S/C18H21N3O2/c1-13-7-9-14(10-8-13)11-17(22)19-20-18(23)15-5-4-6-16(12-15)21(2)3/h4-10,12H,11H2,1-3H3,(H,19,22)(H,20,23). The maximum absolute atomic E-state index is 12.1. The van der Waals surface area contributed by atoms with Gasteiger partial charge in [0.25, 0.3) is 5.91 Å². The van der Waals surface area contributed by atoms with Crippen LogP contribution >= 0.6 is 0 Å². The quantitative estimate of drug-likeness (QED) is 0.850. The van der Waals surface area contributed by atoms with Crippen molar-refractivity contribution in [3.63, 3.8) is 0 Å². The summed E-state index contributed by atoms with van der Waals surface area (Å²) < 4.78 is 0. The van der Waals surface area contributed by atoms with Crippen LogP contribution in [0.2, 0.25) is 0 Å². The molecule has 23 heavy (non-hydrogen) atoms. The van der Waals surface area contributed by atoms with Gasteiger partial charge in [0.15, 0.2) is 0 Å². The van der Waals surface area contributed by atoms with Crippen molar-refractivity contribution in [1.29, 1.82) is 0 Å². The van der Waals surface area contributed by atoms with Crippen LogP contribution in [0.1, 0.15) is 21.5 Å². The lowest BCUT2D eigenvalue weighted by molar-refractivity contribution is -0.121. The molecule has 0 atom stereocenters. The van der Waals surface area contributed by atoms with Crippen molar-refractivity contribution in [2.45, 2.75) is 13.3 Å². The number of carbonyl (C=O) groups excluding carboxylic acids is 2. The largest absolute Gasteiger partial charge is 0.378 e. The summed E-state index contributed by atoms with van der Waals surface area (Å²) in [7, 11) is 3.81. The van der Waals surface area contributed by atoms with E-state index in [4.69, 9.17) is 0 Å². The third kappa shape index (κ3) is 4.85. The minimum Gasteiger partial charge on any atom is -0.378 e. The lowest BCUT2D eigenvalue weighted by Crippen LogP contribution is -2.42. The molecule has 5 nitrogen and oxygen atoms in total. The van der Waals surface area contributed by atoms with Gasteiger partial charge in [0.2, 0.25) is 5.91 Å². The monoisotopic (exact) mass is 311 g/mol. The van der Waals surface area contributed by atoms with Crippen LogP contribution in [-0.4, -0.2) is 25.9 Å². The molecule has 0 saturated carbocycles. The molecule has 2 aromatic rings. The van der Waals surface area contributed by atoms with Gasteiger partial charge >= 0.3 is 0 Å². The van der Waals surface area contributed by atoms with Gasteiger partial charge in [-0.1, -0.05) is 35.9 Å². The third-order valence-corrected chi connectivity index (χ3v) is 3.43. The zero-order valence-electron chi connectivity index (χ0n) is 13.6. The van der Waals surface area contributed by atoms with E-state index in [1.165, 1.54) is 0 Å². The van der Waals surface area contributed by atoms with Gasteiger partial charge in [0.1, 0.15) is 0 Å². The molecule has 0 aliphatic rings. The molecular weight excluding hydrogens is 290 g/mol. The van der Waals surface area contributed by atoms with E-state index in [1.807, 2.05) is 56.3 Å². The van der Waals surface area contributed by atoms with Crippen molar-refractivity contribution in [3.05, 3.63) is 65.2 Å². The Labute approximate surface area is 136 Å². The highest BCUT2D eigenvalue weighted by atomic mass is 16.2. The van der Waals surface area contributed by atoms with Crippen LogP contribution in [0.15, 0.2) is 48.5 Å². The summed E-state index contributed by atoms with van der Waals surface area (Å²) in [6, 6.07) is 14.9. The molecule has 0 saturated heterocycles. The summed E-state index contributed by atoms with van der Waals surface area (Å²) in [6.45, 7) is 1.99. The van der Waals surface area contributed by atoms with Crippen molar-refractivity contribution in [2.24, 2.45) is 0 Å². The number of amides is 2. The first-order valence-electron chi connectivity index (χ1n) is 7.38. The zero-order chi connectivity index (χ0) is 16.8. The minimum atomic E-state index is -0.342. The first-order valence-corrected chi connectivity index (χ1v) is 7.38. The van der Waals surface area contributed by atoms with Crippen molar-refractivity contribution < 1.29 is 9.59 Å². The van der Waals surface area contributed by atoms with E-state index < -0.39 is 0 Å². The van der Waals surface area contributed by atoms with Gasteiger partial charge < -0.3 is 4.90 Å². The van der Waals surface area contributed by atoms with E-state index in [0.717, 1.165) is 16.8 Å². The summed E-state index contributed by atoms with van der Waals surface area (Å²) in [5.41, 5.74) is 8.33. The van der Waals surface area contributed by atoms with Crippen LogP contribution < -0.4 is 15.8 Å². The summed E-state index contributed by atoms with van der Waals surface area (Å²) in [4.78, 5) is 25.9. The third-order valence-electron chi connectivity index (χ3n) is 3.43. The summed E-state index contributed by atoms with van der Waals surface area (Å²) in [5.74, 6) is -0.600. The van der Waals surface area contributed by atoms with Crippen LogP contribution in [0.4, 0.5) is 5.69 Å². The average molecular weight is 311 g/mol. The Balaban J connectivity index is 1.89. The van der Waals surface area contributed by atoms with Crippen LogP contribution in [0.25, 0.3) is 0 Å². The van der Waals surface area contributed by atoms with Gasteiger partial charge in [-0.15, -0.1) is 0 Å². The molecule has 2 N–H and O–H groups in total. The molecule has 120 valence electrons. The van der Waals surface area contributed by atoms with Crippen LogP contribution in [0, 0.1) is 6.92 Å². The van der Waals surface area contributed by atoms with E-state index in [2.05, 4.69) is 10.9 Å². The average Bonchev–Trinajstić information content (AvgIpc) is 2.55. The van der Waals surface area contributed by atoms with Gasteiger partial charge in [0, 0.05) is 25.3 Å². The molecule has 0 fully saturated rings. The number of nitrogens with zero attached hydrogens (tertiary/aromatic N) is 1. The van der Waals surface area contributed by atoms with E-state index in [9.17, 15) is 9.59 Å². The van der Waals surface area contributed by atoms with Crippen molar-refractivity contribution in [3.8, 4) is 0 Å². The van der Waals surface area contributed by atoms with Crippen molar-refractivity contribution in [2.75, 3.05) is 19.0 Å². The maximum atomic E-state index is 12.1. The second-order valence-corrected chi connectivity index (χ2v) is 5.61. The van der Waals surface area contributed by atoms with Crippen LogP contribution in [0.5, 0.6) is 0 Å². The zero-order valence-corrected chi connectivity index (χ0v) is 13.6. The van der Waals surface area contributed by atoms with Gasteiger partial charge in [-0.3, -0.25) is 20.4 Å². The van der Waals surface area contributed by atoms with Crippen LogP contribution in [-0.2, 0) is 11.2 Å². The predicted molar refractivity (Wildman–Crippen MR) is 91.3 cm³/mol. The maximum Gasteiger partial charge on any atom is 0.269 e. The lowest BCUT2D eigenvalue weighted by Gasteiger charge is -2.13. The molecule has 0 heterocycles. The molecule has 0 spiro atoms. The molecule has 0 aliphatic heterocycles. The Bertz CT molecular complexity index is 694. The van der Waals surface area contributed by atoms with Gasteiger partial charge in [0.05, 0.1) is 6.42 Å². The molecule has 0 bridgehead atoms. The molecule has 0 aliphatic carbocycles. The van der Waals surface area contributed by atoms with Gasteiger partial charge in [-0.2, -0.15) is 0 Å². The lowest BCUT2D eigenvalue weighted by atomic mass is 10.1. The summed E-state index contributed by atoms with van der Waals surface area (Å²) in [6.07, 6.45) is 0.221. The number of hydrazine groups is 1. The van der Waals surface area contributed by atoms with Gasteiger partial charge in [-0.25, -0.2) is 0 Å². The van der Waals surface area contributed by atoms with Crippen LogP contribution in [0.3, 0.4) is 0 Å². The highest BCUT2D eigenvalue weighted by Crippen LogP contribution is 2.13. The number of carbonyl (C=O) groups is 2. The Kier molecular flexibility index (Phi) is 5.36. The number of hydrogen-bond acceptors (Lipinski definition) is 3. The minimum absolute atomic E-state index is 0.221. The SMILES string of the molecule is Cc1ccc(CC(=O)NNC(=O)c2cccc(N(C)C)c2)cc1. The Hall–Kier alpha value is -2.82. The number of hydrogen-bond donors (Lipinski definition) is 2. The number of nitrogens with one attached hydrogen (secondary N) is 2. The predicted octanol–water partition coefficient (Wildman–Crippen LogP) is 2.06. The van der Waals surface area contributed by atoms with Crippen molar-refractivity contribution >= 4 is 17.5 Å². The second-order valence-electron chi connectivity index (χ2n) is 5.61. The smallest absolute Gasteiger partial charge is 0.269 e. The first kappa shape index (κ1) is 16.5. The normalized spacial score (nSPS) is 10.0. The Morgan fingerprint density at radius 3 is 2.35 bits per heavy atom. The first-order chi connectivity index (χ1) is 11.0. The number of rotatable bonds is 4. The second kappa shape index (κ2) is 7.45. The fourth-order valence-corrected chi connectivity index (χ4v) is 2.06. The van der Waals surface area contributed by atoms with E-state index >= 15 is 0 Å². The van der Waals surface area contributed by atoms with E-state index in [-0.39, 0.29) is 18.2 Å². The van der Waals surface area contributed by atoms with Gasteiger partial charge in [-0.05, 0) is 30.7 Å². The Morgan fingerprint density at radius 1 is 1.00 bits per heavy atom. The molecule has 2 rings (SSSR count). The molecule has 2 aromatic carbocycles. The summed E-state index contributed by atoms with van der Waals surface area (Å²) in [5, 5.41) is 0. The number of anilines is 1. The number of aryl methyl sites for hydroxylation is 1. The molecule has 5 heteroatoms. The molecule has 2 amide bonds. The topological polar surface area (TPSA) is 61.4 Å².